The summed E-state index contributed by atoms with van der Waals surface area (Å²) in [5, 5.41) is 4.48. The van der Waals surface area contributed by atoms with Crippen molar-refractivity contribution in [3.8, 4) is 0 Å². The Balaban J connectivity index is 2.13. The lowest BCUT2D eigenvalue weighted by molar-refractivity contribution is -0.114. The monoisotopic (exact) mass is 320 g/mol. The van der Waals surface area contributed by atoms with Gasteiger partial charge in [0.25, 0.3) is 0 Å². The molecule has 1 heterocycles. The Morgan fingerprint density at radius 2 is 1.74 bits per heavy atom. The lowest BCUT2D eigenvalue weighted by Gasteiger charge is -2.09. The second-order valence-corrected chi connectivity index (χ2v) is 4.76. The van der Waals surface area contributed by atoms with Gasteiger partial charge in [-0.15, -0.1) is 0 Å². The molecular formula is C16H14F2N2O3. The Morgan fingerprint density at radius 3 is 2.30 bits per heavy atom. The lowest BCUT2D eigenvalue weighted by Crippen LogP contribution is -2.12. The standard InChI is InChI=1S/C16H14F2N2O3/c1-9-3-4-11(23-9)5-6-16(22)20-15-8-14(19-10(2)21)12(17)7-13(15)18/h3-8H,1-2H3,(H,19,21)(H,20,22)/b6-5+. The summed E-state index contributed by atoms with van der Waals surface area (Å²) >= 11 is 0. The molecule has 1 aromatic heterocycles. The Bertz CT molecular complexity index is 782. The van der Waals surface area contributed by atoms with Crippen molar-refractivity contribution in [2.75, 3.05) is 10.6 Å². The van der Waals surface area contributed by atoms with E-state index in [9.17, 15) is 18.4 Å². The lowest BCUT2D eigenvalue weighted by atomic mass is 10.2. The van der Waals surface area contributed by atoms with Gasteiger partial charge in [-0.25, -0.2) is 8.78 Å². The number of hydrogen-bond donors (Lipinski definition) is 2. The summed E-state index contributed by atoms with van der Waals surface area (Å²) in [4.78, 5) is 22.7. The molecule has 0 spiro atoms. The average Bonchev–Trinajstić information content (AvgIpc) is 2.87. The maximum absolute atomic E-state index is 13.7. The Kier molecular flexibility index (Phi) is 4.90. The van der Waals surface area contributed by atoms with E-state index in [-0.39, 0.29) is 11.4 Å². The molecule has 0 atom stereocenters. The molecule has 0 radical (unpaired) electrons. The first-order valence-corrected chi connectivity index (χ1v) is 6.67. The third-order valence-corrected chi connectivity index (χ3v) is 2.79. The highest BCUT2D eigenvalue weighted by molar-refractivity contribution is 6.02. The van der Waals surface area contributed by atoms with Crippen molar-refractivity contribution in [3.63, 3.8) is 0 Å². The number of rotatable bonds is 4. The highest BCUT2D eigenvalue weighted by Crippen LogP contribution is 2.23. The topological polar surface area (TPSA) is 71.3 Å². The van der Waals surface area contributed by atoms with Crippen molar-refractivity contribution in [1.29, 1.82) is 0 Å². The first-order valence-electron chi connectivity index (χ1n) is 6.67. The van der Waals surface area contributed by atoms with Crippen molar-refractivity contribution < 1.29 is 22.8 Å². The maximum atomic E-state index is 13.7. The predicted octanol–water partition coefficient (Wildman–Crippen LogP) is 3.48. The van der Waals surface area contributed by atoms with Crippen LogP contribution < -0.4 is 10.6 Å². The molecule has 0 fully saturated rings. The minimum Gasteiger partial charge on any atom is -0.462 e. The number of aryl methyl sites for hydroxylation is 1. The van der Waals surface area contributed by atoms with Crippen LogP contribution in [-0.4, -0.2) is 11.8 Å². The second-order valence-electron chi connectivity index (χ2n) is 4.76. The Morgan fingerprint density at radius 1 is 1.09 bits per heavy atom. The van der Waals surface area contributed by atoms with Gasteiger partial charge in [0, 0.05) is 19.1 Å². The van der Waals surface area contributed by atoms with Gasteiger partial charge in [-0.1, -0.05) is 0 Å². The van der Waals surface area contributed by atoms with Gasteiger partial charge in [0.05, 0.1) is 11.4 Å². The van der Waals surface area contributed by atoms with Gasteiger partial charge in [0.1, 0.15) is 23.2 Å². The van der Waals surface area contributed by atoms with Gasteiger partial charge in [-0.05, 0) is 31.2 Å². The van der Waals surface area contributed by atoms with Crippen LogP contribution in [0.5, 0.6) is 0 Å². The van der Waals surface area contributed by atoms with Crippen LogP contribution in [0.15, 0.2) is 34.8 Å². The first kappa shape index (κ1) is 16.4. The van der Waals surface area contributed by atoms with Crippen LogP contribution in [0.25, 0.3) is 6.08 Å². The summed E-state index contributed by atoms with van der Waals surface area (Å²) < 4.78 is 32.4. The zero-order valence-corrected chi connectivity index (χ0v) is 12.4. The van der Waals surface area contributed by atoms with Crippen LogP contribution in [-0.2, 0) is 9.59 Å². The highest BCUT2D eigenvalue weighted by Gasteiger charge is 2.12. The third kappa shape index (κ3) is 4.50. The zero-order chi connectivity index (χ0) is 17.0. The smallest absolute Gasteiger partial charge is 0.248 e. The van der Waals surface area contributed by atoms with Crippen LogP contribution in [0.2, 0.25) is 0 Å². The fourth-order valence-electron chi connectivity index (χ4n) is 1.81. The molecule has 2 amide bonds. The van der Waals surface area contributed by atoms with E-state index in [0.29, 0.717) is 17.6 Å². The van der Waals surface area contributed by atoms with Crippen LogP contribution >= 0.6 is 0 Å². The van der Waals surface area contributed by atoms with E-state index in [1.54, 1.807) is 19.1 Å². The van der Waals surface area contributed by atoms with Crippen molar-refractivity contribution in [2.45, 2.75) is 13.8 Å². The number of amides is 2. The minimum absolute atomic E-state index is 0.222. The molecular weight excluding hydrogens is 306 g/mol. The van der Waals surface area contributed by atoms with Crippen molar-refractivity contribution >= 4 is 29.3 Å². The van der Waals surface area contributed by atoms with Crippen LogP contribution in [0.1, 0.15) is 18.4 Å². The molecule has 2 N–H and O–H groups in total. The van der Waals surface area contributed by atoms with Crippen LogP contribution in [0, 0.1) is 18.6 Å². The highest BCUT2D eigenvalue weighted by atomic mass is 19.1. The summed E-state index contributed by atoms with van der Waals surface area (Å²) in [6, 6.07) is 5.00. The van der Waals surface area contributed by atoms with E-state index in [4.69, 9.17) is 4.42 Å². The molecule has 5 nitrogen and oxygen atoms in total. The SMILES string of the molecule is CC(=O)Nc1cc(NC(=O)/C=C/c2ccc(C)o2)c(F)cc1F. The fourth-order valence-corrected chi connectivity index (χ4v) is 1.81. The molecule has 0 saturated heterocycles. The normalized spacial score (nSPS) is 10.8. The minimum atomic E-state index is -0.952. The average molecular weight is 320 g/mol. The summed E-state index contributed by atoms with van der Waals surface area (Å²) in [7, 11) is 0. The molecule has 23 heavy (non-hydrogen) atoms. The van der Waals surface area contributed by atoms with E-state index in [1.807, 2.05) is 0 Å². The van der Waals surface area contributed by atoms with Crippen molar-refractivity contribution in [2.24, 2.45) is 0 Å². The summed E-state index contributed by atoms with van der Waals surface area (Å²) in [5.41, 5.74) is -0.472. The van der Waals surface area contributed by atoms with Gasteiger partial charge in [0.15, 0.2) is 0 Å². The molecule has 0 saturated carbocycles. The number of furan rings is 1. The van der Waals surface area contributed by atoms with Gasteiger partial charge in [-0.3, -0.25) is 9.59 Å². The summed E-state index contributed by atoms with van der Waals surface area (Å²) in [5.74, 6) is -1.87. The molecule has 0 aliphatic carbocycles. The number of anilines is 2. The van der Waals surface area contributed by atoms with E-state index in [0.717, 1.165) is 12.1 Å². The molecule has 120 valence electrons. The molecule has 0 bridgehead atoms. The first-order chi connectivity index (χ1) is 10.8. The van der Waals surface area contributed by atoms with Crippen molar-refractivity contribution in [3.05, 3.63) is 53.5 Å². The Hall–Kier alpha value is -2.96. The number of carbonyl (C=O) groups excluding carboxylic acids is 2. The molecule has 2 rings (SSSR count). The maximum Gasteiger partial charge on any atom is 0.248 e. The number of hydrogen-bond acceptors (Lipinski definition) is 3. The zero-order valence-electron chi connectivity index (χ0n) is 12.4. The number of nitrogens with one attached hydrogen (secondary N) is 2. The van der Waals surface area contributed by atoms with Crippen LogP contribution in [0.4, 0.5) is 20.2 Å². The fraction of sp³-hybridized carbons (Fsp3) is 0.125. The van der Waals surface area contributed by atoms with E-state index >= 15 is 0 Å². The second kappa shape index (κ2) is 6.87. The van der Waals surface area contributed by atoms with E-state index < -0.39 is 23.4 Å². The van der Waals surface area contributed by atoms with Crippen molar-refractivity contribution in [1.82, 2.24) is 0 Å². The van der Waals surface area contributed by atoms with Gasteiger partial charge >= 0.3 is 0 Å². The van der Waals surface area contributed by atoms with Crippen LogP contribution in [0.3, 0.4) is 0 Å². The molecule has 1 aromatic carbocycles. The predicted molar refractivity (Wildman–Crippen MR) is 81.8 cm³/mol. The number of benzene rings is 1. The number of carbonyl (C=O) groups is 2. The van der Waals surface area contributed by atoms with Gasteiger partial charge < -0.3 is 15.1 Å². The molecule has 7 heteroatoms. The third-order valence-electron chi connectivity index (χ3n) is 2.79. The van der Waals surface area contributed by atoms with Gasteiger partial charge in [0.2, 0.25) is 11.8 Å². The summed E-state index contributed by atoms with van der Waals surface area (Å²) in [6.07, 6.45) is 2.57. The quantitative estimate of drug-likeness (QED) is 0.847. The summed E-state index contributed by atoms with van der Waals surface area (Å²) in [6.45, 7) is 2.95. The molecule has 0 aliphatic rings. The Labute approximate surface area is 131 Å². The van der Waals surface area contributed by atoms with Gasteiger partial charge in [-0.2, -0.15) is 0 Å². The number of halogens is 2. The largest absolute Gasteiger partial charge is 0.462 e. The van der Waals surface area contributed by atoms with E-state index in [2.05, 4.69) is 10.6 Å². The molecule has 0 unspecified atom stereocenters. The molecule has 0 aliphatic heterocycles. The molecule has 2 aromatic rings. The van der Waals surface area contributed by atoms with E-state index in [1.165, 1.54) is 13.0 Å².